The van der Waals surface area contributed by atoms with E-state index in [2.05, 4.69) is 20.4 Å². The number of aromatic nitrogens is 4. The van der Waals surface area contributed by atoms with Crippen molar-refractivity contribution >= 4 is 28.8 Å². The van der Waals surface area contributed by atoms with E-state index in [9.17, 15) is 10.1 Å². The van der Waals surface area contributed by atoms with Gasteiger partial charge in [-0.1, -0.05) is 11.6 Å². The van der Waals surface area contributed by atoms with Gasteiger partial charge in [-0.25, -0.2) is 4.98 Å². The Morgan fingerprint density at radius 1 is 1.25 bits per heavy atom. The SMILES string of the molecule is Cc1cc(Nc2ccc(Cl)cc2C)nc(-n2cc([N+](=O)[O-])cn2)n1. The monoisotopic (exact) mass is 344 g/mol. The van der Waals surface area contributed by atoms with Crippen LogP contribution in [-0.2, 0) is 0 Å². The van der Waals surface area contributed by atoms with Crippen molar-refractivity contribution < 1.29 is 4.92 Å². The molecule has 3 rings (SSSR count). The van der Waals surface area contributed by atoms with Crippen molar-refractivity contribution in [1.29, 1.82) is 0 Å². The molecule has 0 spiro atoms. The zero-order chi connectivity index (χ0) is 17.3. The van der Waals surface area contributed by atoms with E-state index >= 15 is 0 Å². The number of nitro groups is 1. The number of nitrogens with zero attached hydrogens (tertiary/aromatic N) is 5. The van der Waals surface area contributed by atoms with Gasteiger partial charge in [0, 0.05) is 22.5 Å². The fraction of sp³-hybridized carbons (Fsp3) is 0.133. The molecule has 0 aliphatic heterocycles. The minimum absolute atomic E-state index is 0.122. The van der Waals surface area contributed by atoms with E-state index in [0.717, 1.165) is 17.4 Å². The average Bonchev–Trinajstić information content (AvgIpc) is 3.00. The largest absolute Gasteiger partial charge is 0.340 e. The molecule has 0 bridgehead atoms. The Kier molecular flexibility index (Phi) is 4.13. The van der Waals surface area contributed by atoms with E-state index in [4.69, 9.17) is 11.6 Å². The van der Waals surface area contributed by atoms with E-state index in [-0.39, 0.29) is 11.6 Å². The van der Waals surface area contributed by atoms with Crippen LogP contribution >= 0.6 is 11.6 Å². The van der Waals surface area contributed by atoms with E-state index in [1.165, 1.54) is 10.9 Å². The molecule has 0 atom stereocenters. The maximum atomic E-state index is 10.8. The minimum Gasteiger partial charge on any atom is -0.340 e. The van der Waals surface area contributed by atoms with Crippen molar-refractivity contribution in [2.24, 2.45) is 0 Å². The van der Waals surface area contributed by atoms with E-state index in [1.54, 1.807) is 12.1 Å². The third-order valence-corrected chi connectivity index (χ3v) is 3.51. The minimum atomic E-state index is -0.518. The molecule has 0 radical (unpaired) electrons. The summed E-state index contributed by atoms with van der Waals surface area (Å²) in [6.07, 6.45) is 2.42. The Balaban J connectivity index is 1.95. The highest BCUT2D eigenvalue weighted by molar-refractivity contribution is 6.30. The van der Waals surface area contributed by atoms with Crippen LogP contribution in [0.3, 0.4) is 0 Å². The predicted octanol–water partition coefficient (Wildman–Crippen LogP) is 3.58. The summed E-state index contributed by atoms with van der Waals surface area (Å²) < 4.78 is 1.27. The number of anilines is 2. The van der Waals surface area contributed by atoms with Crippen molar-refractivity contribution in [2.75, 3.05) is 5.32 Å². The molecular weight excluding hydrogens is 332 g/mol. The highest BCUT2D eigenvalue weighted by Crippen LogP contribution is 2.23. The first-order valence-corrected chi connectivity index (χ1v) is 7.38. The zero-order valence-corrected chi connectivity index (χ0v) is 13.7. The molecule has 24 heavy (non-hydrogen) atoms. The van der Waals surface area contributed by atoms with Crippen LogP contribution in [-0.4, -0.2) is 24.7 Å². The van der Waals surface area contributed by atoms with Crippen molar-refractivity contribution in [3.8, 4) is 5.95 Å². The molecular formula is C15H13ClN6O2. The molecule has 1 aromatic carbocycles. The van der Waals surface area contributed by atoms with Crippen LogP contribution < -0.4 is 5.32 Å². The van der Waals surface area contributed by atoms with Crippen LogP contribution in [0.25, 0.3) is 5.95 Å². The van der Waals surface area contributed by atoms with Crippen LogP contribution in [0.5, 0.6) is 0 Å². The first-order valence-electron chi connectivity index (χ1n) is 7.00. The number of nitrogens with one attached hydrogen (secondary N) is 1. The molecule has 0 amide bonds. The third-order valence-electron chi connectivity index (χ3n) is 3.28. The van der Waals surface area contributed by atoms with Crippen LogP contribution in [0, 0.1) is 24.0 Å². The number of aryl methyl sites for hydroxylation is 2. The van der Waals surface area contributed by atoms with Gasteiger partial charge in [-0.3, -0.25) is 10.1 Å². The topological polar surface area (TPSA) is 98.8 Å². The maximum Gasteiger partial charge on any atom is 0.307 e. The van der Waals surface area contributed by atoms with Gasteiger partial charge in [-0.15, -0.1) is 0 Å². The highest BCUT2D eigenvalue weighted by atomic mass is 35.5. The second kappa shape index (κ2) is 6.25. The van der Waals surface area contributed by atoms with Crippen molar-refractivity contribution in [1.82, 2.24) is 19.7 Å². The Hall–Kier alpha value is -3.00. The van der Waals surface area contributed by atoms with Gasteiger partial charge in [-0.2, -0.15) is 14.8 Å². The van der Waals surface area contributed by atoms with Gasteiger partial charge >= 0.3 is 5.69 Å². The summed E-state index contributed by atoms with van der Waals surface area (Å²) in [5.74, 6) is 0.804. The third kappa shape index (κ3) is 3.33. The second-order valence-electron chi connectivity index (χ2n) is 5.18. The molecule has 0 unspecified atom stereocenters. The normalized spacial score (nSPS) is 10.6. The lowest BCUT2D eigenvalue weighted by molar-refractivity contribution is -0.384. The summed E-state index contributed by atoms with van der Waals surface area (Å²) in [6, 6.07) is 7.25. The molecule has 0 aliphatic carbocycles. The number of benzene rings is 1. The molecule has 3 aromatic rings. The van der Waals surface area contributed by atoms with Gasteiger partial charge in [-0.05, 0) is 37.6 Å². The summed E-state index contributed by atoms with van der Waals surface area (Å²) >= 11 is 5.96. The zero-order valence-electron chi connectivity index (χ0n) is 12.9. The van der Waals surface area contributed by atoms with Crippen LogP contribution in [0.2, 0.25) is 5.02 Å². The number of hydrogen-bond acceptors (Lipinski definition) is 6. The van der Waals surface area contributed by atoms with Gasteiger partial charge in [0.05, 0.1) is 4.92 Å². The Morgan fingerprint density at radius 3 is 2.71 bits per heavy atom. The molecule has 9 heteroatoms. The number of hydrogen-bond donors (Lipinski definition) is 1. The molecule has 0 saturated heterocycles. The average molecular weight is 345 g/mol. The molecule has 8 nitrogen and oxygen atoms in total. The van der Waals surface area contributed by atoms with Crippen LogP contribution in [0.1, 0.15) is 11.3 Å². The van der Waals surface area contributed by atoms with Gasteiger partial charge < -0.3 is 5.32 Å². The fourth-order valence-electron chi connectivity index (χ4n) is 2.14. The predicted molar refractivity (Wildman–Crippen MR) is 90.0 cm³/mol. The van der Waals surface area contributed by atoms with E-state index in [0.29, 0.717) is 16.5 Å². The molecule has 0 aliphatic rings. The van der Waals surface area contributed by atoms with Gasteiger partial charge in [0.15, 0.2) is 0 Å². The fourth-order valence-corrected chi connectivity index (χ4v) is 2.37. The number of halogens is 1. The second-order valence-corrected chi connectivity index (χ2v) is 5.62. The van der Waals surface area contributed by atoms with Crippen LogP contribution in [0.4, 0.5) is 17.2 Å². The maximum absolute atomic E-state index is 10.8. The molecule has 122 valence electrons. The summed E-state index contributed by atoms with van der Waals surface area (Å²) in [5.41, 5.74) is 2.40. The molecule has 1 N–H and O–H groups in total. The highest BCUT2D eigenvalue weighted by Gasteiger charge is 2.13. The quantitative estimate of drug-likeness (QED) is 0.573. The van der Waals surface area contributed by atoms with Crippen molar-refractivity contribution in [3.63, 3.8) is 0 Å². The van der Waals surface area contributed by atoms with Gasteiger partial charge in [0.25, 0.3) is 5.95 Å². The first kappa shape index (κ1) is 15.9. The standard InChI is InChI=1S/C15H13ClN6O2/c1-9-5-11(16)3-4-13(9)19-14-6-10(2)18-15(20-14)21-8-12(7-17-21)22(23)24/h3-8H,1-2H3,(H,18,19,20). The summed E-state index contributed by atoms with van der Waals surface area (Å²) in [6.45, 7) is 3.74. The van der Waals surface area contributed by atoms with Gasteiger partial charge in [0.1, 0.15) is 18.2 Å². The smallest absolute Gasteiger partial charge is 0.307 e. The Labute approximate surface area is 142 Å². The molecule has 2 aromatic heterocycles. The summed E-state index contributed by atoms with van der Waals surface area (Å²) in [5, 5.41) is 18.6. The Bertz CT molecular complexity index is 924. The van der Waals surface area contributed by atoms with Crippen LogP contribution in [0.15, 0.2) is 36.7 Å². The molecule has 2 heterocycles. The molecule has 0 fully saturated rings. The first-order chi connectivity index (χ1) is 11.4. The summed E-state index contributed by atoms with van der Waals surface area (Å²) in [4.78, 5) is 18.9. The van der Waals surface area contributed by atoms with Crippen molar-refractivity contribution in [3.05, 3.63) is 63.1 Å². The number of rotatable bonds is 4. The van der Waals surface area contributed by atoms with Crippen molar-refractivity contribution in [2.45, 2.75) is 13.8 Å². The molecule has 0 saturated carbocycles. The lowest BCUT2D eigenvalue weighted by Gasteiger charge is -2.11. The van der Waals surface area contributed by atoms with E-state index < -0.39 is 4.92 Å². The lowest BCUT2D eigenvalue weighted by Crippen LogP contribution is -2.06. The lowest BCUT2D eigenvalue weighted by atomic mass is 10.2. The van der Waals surface area contributed by atoms with E-state index in [1.807, 2.05) is 26.0 Å². The Morgan fingerprint density at radius 2 is 2.04 bits per heavy atom. The van der Waals surface area contributed by atoms with Gasteiger partial charge in [0.2, 0.25) is 0 Å². The summed E-state index contributed by atoms with van der Waals surface area (Å²) in [7, 11) is 0.